The van der Waals surface area contributed by atoms with Gasteiger partial charge in [0.1, 0.15) is 12.2 Å². The monoisotopic (exact) mass is 401 g/mol. The third kappa shape index (κ3) is 3.83. The zero-order chi connectivity index (χ0) is 20.9. The molecule has 0 saturated carbocycles. The van der Waals surface area contributed by atoms with Gasteiger partial charge in [-0.15, -0.1) is 0 Å². The van der Waals surface area contributed by atoms with Gasteiger partial charge in [0.2, 0.25) is 0 Å². The largest absolute Gasteiger partial charge is 0.504 e. The number of nitrogens with one attached hydrogen (secondary N) is 1. The number of nitrogens with zero attached hydrogens (tertiary/aromatic N) is 4. The molecule has 4 aromatic rings. The van der Waals surface area contributed by atoms with Crippen LogP contribution in [0.15, 0.2) is 72.0 Å². The minimum atomic E-state index is -0.339. The number of phenols is 1. The molecule has 0 atom stereocenters. The molecule has 0 aliphatic heterocycles. The molecule has 1 amide bonds. The fourth-order valence-electron chi connectivity index (χ4n) is 3.09. The predicted octanol–water partition coefficient (Wildman–Crippen LogP) is 2.96. The van der Waals surface area contributed by atoms with Crippen molar-refractivity contribution in [3.63, 3.8) is 0 Å². The number of hydrogen-bond donors (Lipinski definition) is 2. The molecule has 8 nitrogen and oxygen atoms in total. The maximum absolute atomic E-state index is 12.6. The number of imidazole rings is 1. The molecule has 2 N–H and O–H groups in total. The summed E-state index contributed by atoms with van der Waals surface area (Å²) < 4.78 is 6.86. The second kappa shape index (κ2) is 8.44. The Balaban J connectivity index is 1.56. The van der Waals surface area contributed by atoms with Crippen LogP contribution in [-0.2, 0) is 11.3 Å². The topological polar surface area (TPSA) is 102 Å². The average molecular weight is 401 g/mol. The Morgan fingerprint density at radius 1 is 1.17 bits per heavy atom. The van der Waals surface area contributed by atoms with Gasteiger partial charge in [0, 0.05) is 11.8 Å². The SMILES string of the molecule is COc1cccc(/C=N/NC(=O)Cn2c(-c3ccccn3)nc3ccccc32)c1O. The van der Waals surface area contributed by atoms with Crippen molar-refractivity contribution >= 4 is 23.2 Å². The van der Waals surface area contributed by atoms with E-state index in [9.17, 15) is 9.90 Å². The maximum atomic E-state index is 12.6. The van der Waals surface area contributed by atoms with E-state index < -0.39 is 0 Å². The van der Waals surface area contributed by atoms with Gasteiger partial charge < -0.3 is 14.4 Å². The molecule has 30 heavy (non-hydrogen) atoms. The van der Waals surface area contributed by atoms with Crippen molar-refractivity contribution in [1.82, 2.24) is 20.0 Å². The number of benzene rings is 2. The van der Waals surface area contributed by atoms with Gasteiger partial charge >= 0.3 is 0 Å². The van der Waals surface area contributed by atoms with Gasteiger partial charge in [0.15, 0.2) is 17.3 Å². The van der Waals surface area contributed by atoms with Crippen LogP contribution >= 0.6 is 0 Å². The summed E-state index contributed by atoms with van der Waals surface area (Å²) in [5, 5.41) is 14.0. The first-order chi connectivity index (χ1) is 14.7. The molecule has 4 rings (SSSR count). The first kappa shape index (κ1) is 19.1. The van der Waals surface area contributed by atoms with Crippen molar-refractivity contribution in [2.45, 2.75) is 6.54 Å². The molecule has 0 aliphatic rings. The first-order valence-electron chi connectivity index (χ1n) is 9.22. The summed E-state index contributed by atoms with van der Waals surface area (Å²) in [6, 6.07) is 18.1. The summed E-state index contributed by atoms with van der Waals surface area (Å²) in [6.45, 7) is 0.00779. The van der Waals surface area contributed by atoms with Crippen LogP contribution in [0, 0.1) is 0 Å². The second-order valence-electron chi connectivity index (χ2n) is 6.42. The highest BCUT2D eigenvalue weighted by atomic mass is 16.5. The molecule has 0 saturated heterocycles. The van der Waals surface area contributed by atoms with E-state index in [4.69, 9.17) is 4.74 Å². The summed E-state index contributed by atoms with van der Waals surface area (Å²) in [5.74, 6) is 0.543. The Labute approximate surface area is 172 Å². The zero-order valence-electron chi connectivity index (χ0n) is 16.2. The van der Waals surface area contributed by atoms with Crippen molar-refractivity contribution < 1.29 is 14.6 Å². The number of carbonyl (C=O) groups excluding carboxylic acids is 1. The number of carbonyl (C=O) groups is 1. The number of hydrazone groups is 1. The molecule has 0 spiro atoms. The highest BCUT2D eigenvalue weighted by Crippen LogP contribution is 2.28. The number of hydrogen-bond acceptors (Lipinski definition) is 6. The number of phenolic OH excluding ortho intramolecular Hbond substituents is 1. The van der Waals surface area contributed by atoms with E-state index in [-0.39, 0.29) is 18.2 Å². The lowest BCUT2D eigenvalue weighted by atomic mass is 10.2. The standard InChI is InChI=1S/C22H19N5O3/c1-30-19-11-6-7-15(21(19)29)13-24-26-20(28)14-27-18-10-3-2-8-16(18)25-22(27)17-9-4-5-12-23-17/h2-13,29H,14H2,1H3,(H,26,28)/b24-13+. The fraction of sp³-hybridized carbons (Fsp3) is 0.0909. The lowest BCUT2D eigenvalue weighted by Crippen LogP contribution is -2.23. The van der Waals surface area contributed by atoms with Crippen molar-refractivity contribution in [2.24, 2.45) is 5.10 Å². The van der Waals surface area contributed by atoms with Crippen LogP contribution in [0.1, 0.15) is 5.56 Å². The van der Waals surface area contributed by atoms with Gasteiger partial charge in [0.25, 0.3) is 5.91 Å². The third-order valence-electron chi connectivity index (χ3n) is 4.49. The number of rotatable bonds is 6. The molecule has 150 valence electrons. The minimum Gasteiger partial charge on any atom is -0.504 e. The minimum absolute atomic E-state index is 0.00779. The maximum Gasteiger partial charge on any atom is 0.260 e. The lowest BCUT2D eigenvalue weighted by molar-refractivity contribution is -0.121. The zero-order valence-corrected chi connectivity index (χ0v) is 16.2. The van der Waals surface area contributed by atoms with Crippen molar-refractivity contribution in [1.29, 1.82) is 0 Å². The van der Waals surface area contributed by atoms with Crippen molar-refractivity contribution in [3.05, 3.63) is 72.4 Å². The smallest absolute Gasteiger partial charge is 0.260 e. The van der Waals surface area contributed by atoms with Crippen LogP contribution in [0.3, 0.4) is 0 Å². The van der Waals surface area contributed by atoms with E-state index in [0.717, 1.165) is 11.0 Å². The molecule has 0 unspecified atom stereocenters. The highest BCUT2D eigenvalue weighted by molar-refractivity contribution is 5.87. The number of para-hydroxylation sites is 3. The number of methoxy groups -OCH3 is 1. The van der Waals surface area contributed by atoms with Crippen LogP contribution in [0.2, 0.25) is 0 Å². The number of ether oxygens (including phenoxy) is 1. The molecule has 2 aromatic heterocycles. The Morgan fingerprint density at radius 3 is 2.80 bits per heavy atom. The Bertz CT molecular complexity index is 1220. The van der Waals surface area contributed by atoms with E-state index in [0.29, 0.717) is 22.8 Å². The summed E-state index contributed by atoms with van der Waals surface area (Å²) in [6.07, 6.45) is 3.05. The number of amides is 1. The number of aromatic hydroxyl groups is 1. The van der Waals surface area contributed by atoms with Crippen LogP contribution in [0.4, 0.5) is 0 Å². The molecule has 0 aliphatic carbocycles. The number of fused-ring (bicyclic) bond motifs is 1. The Morgan fingerprint density at radius 2 is 2.00 bits per heavy atom. The first-order valence-corrected chi connectivity index (χ1v) is 9.22. The van der Waals surface area contributed by atoms with E-state index in [1.165, 1.54) is 13.3 Å². The Hall–Kier alpha value is -4.20. The summed E-state index contributed by atoms with van der Waals surface area (Å²) >= 11 is 0. The van der Waals surface area contributed by atoms with Gasteiger partial charge in [-0.2, -0.15) is 5.10 Å². The van der Waals surface area contributed by atoms with E-state index in [2.05, 4.69) is 20.5 Å². The number of aromatic nitrogens is 3. The van der Waals surface area contributed by atoms with Gasteiger partial charge in [0.05, 0.1) is 24.4 Å². The van der Waals surface area contributed by atoms with Gasteiger partial charge in [-0.3, -0.25) is 9.78 Å². The van der Waals surface area contributed by atoms with E-state index in [1.54, 1.807) is 29.0 Å². The summed E-state index contributed by atoms with van der Waals surface area (Å²) in [5.41, 5.74) is 5.18. The Kier molecular flexibility index (Phi) is 5.38. The van der Waals surface area contributed by atoms with Gasteiger partial charge in [-0.25, -0.2) is 10.4 Å². The molecule has 2 aromatic carbocycles. The van der Waals surface area contributed by atoms with Gasteiger partial charge in [-0.1, -0.05) is 24.3 Å². The summed E-state index contributed by atoms with van der Waals surface area (Å²) in [4.78, 5) is 21.5. The normalized spacial score (nSPS) is 11.1. The van der Waals surface area contributed by atoms with Crippen LogP contribution < -0.4 is 10.2 Å². The molecule has 0 bridgehead atoms. The van der Waals surface area contributed by atoms with Crippen molar-refractivity contribution in [3.8, 4) is 23.0 Å². The van der Waals surface area contributed by atoms with E-state index >= 15 is 0 Å². The van der Waals surface area contributed by atoms with E-state index in [1.807, 2.05) is 42.5 Å². The fourth-order valence-corrected chi connectivity index (χ4v) is 3.09. The van der Waals surface area contributed by atoms with Crippen LogP contribution in [0.25, 0.3) is 22.6 Å². The second-order valence-corrected chi connectivity index (χ2v) is 6.42. The molecular weight excluding hydrogens is 382 g/mol. The molecule has 2 heterocycles. The predicted molar refractivity (Wildman–Crippen MR) is 113 cm³/mol. The molecule has 0 radical (unpaired) electrons. The number of pyridine rings is 1. The van der Waals surface area contributed by atoms with Crippen molar-refractivity contribution in [2.75, 3.05) is 7.11 Å². The average Bonchev–Trinajstić information content (AvgIpc) is 3.14. The van der Waals surface area contributed by atoms with Crippen LogP contribution in [-0.4, -0.2) is 38.9 Å². The molecule has 0 fully saturated rings. The van der Waals surface area contributed by atoms with Crippen LogP contribution in [0.5, 0.6) is 11.5 Å². The quantitative estimate of drug-likeness (QED) is 0.382. The van der Waals surface area contributed by atoms with Gasteiger partial charge in [-0.05, 0) is 36.4 Å². The molecule has 8 heteroatoms. The highest BCUT2D eigenvalue weighted by Gasteiger charge is 2.15. The summed E-state index contributed by atoms with van der Waals surface area (Å²) in [7, 11) is 1.46. The molecular formula is C22H19N5O3. The lowest BCUT2D eigenvalue weighted by Gasteiger charge is -2.08. The third-order valence-corrected chi connectivity index (χ3v) is 4.49.